The quantitative estimate of drug-likeness (QED) is 0.521. The zero-order chi connectivity index (χ0) is 14.2. The maximum Gasteiger partial charge on any atom is 0.211 e. The van der Waals surface area contributed by atoms with Crippen molar-refractivity contribution >= 4 is 22.2 Å². The number of carbonyl (C=O) groups excluding carboxylic acids is 1. The van der Waals surface area contributed by atoms with Crippen LogP contribution in [-0.2, 0) is 0 Å². The third kappa shape index (κ3) is 1.91. The van der Waals surface area contributed by atoms with Crippen molar-refractivity contribution in [2.45, 2.75) is 0 Å². The molecule has 2 aromatic carbocycles. The minimum atomic E-state index is -0.0144. The smallest absolute Gasteiger partial charge is 0.211 e. The summed E-state index contributed by atoms with van der Waals surface area (Å²) in [5, 5.41) is 2.20. The Morgan fingerprint density at radius 2 is 1.71 bits per heavy atom. The van der Waals surface area contributed by atoms with Gasteiger partial charge >= 0.3 is 0 Å². The molecule has 0 unspecified atom stereocenters. The van der Waals surface area contributed by atoms with Gasteiger partial charge in [-0.05, 0) is 29.0 Å². The number of nitrogens with zero attached hydrogens (tertiary/aromatic N) is 2. The molecular formula is C18H12N2O. The maximum absolute atomic E-state index is 12.7. The molecule has 0 aliphatic rings. The zero-order valence-electron chi connectivity index (χ0n) is 11.2. The van der Waals surface area contributed by atoms with Gasteiger partial charge in [0.25, 0.3) is 0 Å². The fraction of sp³-hybridized carbons (Fsp3) is 0. The van der Waals surface area contributed by atoms with Crippen LogP contribution in [0.4, 0.5) is 0 Å². The van der Waals surface area contributed by atoms with Crippen molar-refractivity contribution in [3.63, 3.8) is 0 Å². The van der Waals surface area contributed by atoms with Gasteiger partial charge in [0.1, 0.15) is 11.3 Å². The third-order valence-electron chi connectivity index (χ3n) is 3.66. The molecule has 0 amide bonds. The number of pyridine rings is 1. The van der Waals surface area contributed by atoms with Gasteiger partial charge < -0.3 is 0 Å². The molecule has 3 nitrogen and oxygen atoms in total. The first-order chi connectivity index (χ1) is 10.3. The van der Waals surface area contributed by atoms with Crippen molar-refractivity contribution in [2.75, 3.05) is 0 Å². The molecule has 4 aromatic rings. The molecule has 2 heterocycles. The van der Waals surface area contributed by atoms with Crippen molar-refractivity contribution in [3.8, 4) is 0 Å². The van der Waals surface area contributed by atoms with Crippen LogP contribution in [0, 0.1) is 0 Å². The van der Waals surface area contributed by atoms with E-state index in [2.05, 4.69) is 4.98 Å². The number of imidazole rings is 1. The fourth-order valence-electron chi connectivity index (χ4n) is 2.58. The predicted octanol–water partition coefficient (Wildman–Crippen LogP) is 3.72. The molecule has 0 saturated heterocycles. The monoisotopic (exact) mass is 272 g/mol. The molecule has 0 aliphatic carbocycles. The maximum atomic E-state index is 12.7. The van der Waals surface area contributed by atoms with Crippen molar-refractivity contribution in [2.24, 2.45) is 0 Å². The molecular weight excluding hydrogens is 260 g/mol. The summed E-state index contributed by atoms with van der Waals surface area (Å²) < 4.78 is 1.82. The molecule has 0 N–H and O–H groups in total. The molecule has 0 spiro atoms. The minimum Gasteiger partial charge on any atom is -0.297 e. The van der Waals surface area contributed by atoms with Gasteiger partial charge in [-0.1, -0.05) is 42.5 Å². The molecule has 0 fully saturated rings. The predicted molar refractivity (Wildman–Crippen MR) is 82.6 cm³/mol. The molecule has 0 saturated carbocycles. The Morgan fingerprint density at radius 1 is 0.905 bits per heavy atom. The molecule has 0 radical (unpaired) electrons. The lowest BCUT2D eigenvalue weighted by molar-refractivity contribution is 0.103. The molecule has 0 bridgehead atoms. The Labute approximate surface area is 121 Å². The molecule has 100 valence electrons. The third-order valence-corrected chi connectivity index (χ3v) is 3.66. The van der Waals surface area contributed by atoms with Crippen molar-refractivity contribution in [1.82, 2.24) is 9.38 Å². The van der Waals surface area contributed by atoms with Gasteiger partial charge in [-0.25, -0.2) is 4.98 Å². The second kappa shape index (κ2) is 4.56. The van der Waals surface area contributed by atoms with Crippen LogP contribution in [0.25, 0.3) is 16.4 Å². The van der Waals surface area contributed by atoms with E-state index in [0.29, 0.717) is 11.3 Å². The molecule has 3 heteroatoms. The number of aromatic nitrogens is 2. The summed E-state index contributed by atoms with van der Waals surface area (Å²) in [7, 11) is 0. The number of hydrogen-bond acceptors (Lipinski definition) is 2. The van der Waals surface area contributed by atoms with Gasteiger partial charge in [0.05, 0.1) is 6.20 Å². The van der Waals surface area contributed by atoms with Crippen LogP contribution in [0.2, 0.25) is 0 Å². The molecule has 0 aliphatic heterocycles. The number of hydrogen-bond donors (Lipinski definition) is 0. The Morgan fingerprint density at radius 3 is 2.62 bits per heavy atom. The lowest BCUT2D eigenvalue weighted by Gasteiger charge is -2.03. The van der Waals surface area contributed by atoms with E-state index < -0.39 is 0 Å². The standard InChI is InChI=1S/C18H12N2O/c21-18(16-12-19-17-7-3-4-10-20(16)17)15-9-8-13-5-1-2-6-14(13)11-15/h1-12H. The Hall–Kier alpha value is -2.94. The minimum absolute atomic E-state index is 0.0144. The van der Waals surface area contributed by atoms with E-state index in [1.807, 2.05) is 71.3 Å². The van der Waals surface area contributed by atoms with Gasteiger partial charge in [0, 0.05) is 11.8 Å². The first-order valence-electron chi connectivity index (χ1n) is 6.78. The van der Waals surface area contributed by atoms with E-state index in [1.165, 1.54) is 0 Å². The SMILES string of the molecule is O=C(c1ccc2ccccc2c1)c1cnc2ccccn12. The summed E-state index contributed by atoms with van der Waals surface area (Å²) in [5.41, 5.74) is 2.04. The number of ketones is 1. The van der Waals surface area contributed by atoms with E-state index in [1.54, 1.807) is 6.20 Å². The van der Waals surface area contributed by atoms with E-state index in [9.17, 15) is 4.79 Å². The number of rotatable bonds is 2. The number of fused-ring (bicyclic) bond motifs is 2. The van der Waals surface area contributed by atoms with Crippen molar-refractivity contribution in [1.29, 1.82) is 0 Å². The number of benzene rings is 2. The van der Waals surface area contributed by atoms with Crippen LogP contribution < -0.4 is 0 Å². The molecule has 4 rings (SSSR count). The molecule has 21 heavy (non-hydrogen) atoms. The highest BCUT2D eigenvalue weighted by Crippen LogP contribution is 2.18. The summed E-state index contributed by atoms with van der Waals surface area (Å²) in [6.45, 7) is 0. The van der Waals surface area contributed by atoms with Crippen LogP contribution in [0.3, 0.4) is 0 Å². The van der Waals surface area contributed by atoms with Crippen LogP contribution in [0.5, 0.6) is 0 Å². The van der Waals surface area contributed by atoms with Crippen LogP contribution in [0.15, 0.2) is 73.1 Å². The van der Waals surface area contributed by atoms with Gasteiger partial charge in [0.2, 0.25) is 5.78 Å². The summed E-state index contributed by atoms with van der Waals surface area (Å²) in [4.78, 5) is 17.0. The first-order valence-corrected chi connectivity index (χ1v) is 6.78. The van der Waals surface area contributed by atoms with E-state index in [0.717, 1.165) is 16.4 Å². The van der Waals surface area contributed by atoms with Crippen LogP contribution >= 0.6 is 0 Å². The lowest BCUT2D eigenvalue weighted by Crippen LogP contribution is -2.04. The van der Waals surface area contributed by atoms with Gasteiger partial charge in [0.15, 0.2) is 0 Å². The van der Waals surface area contributed by atoms with E-state index in [-0.39, 0.29) is 5.78 Å². The summed E-state index contributed by atoms with van der Waals surface area (Å²) >= 11 is 0. The molecule has 2 aromatic heterocycles. The lowest BCUT2D eigenvalue weighted by atomic mass is 10.0. The largest absolute Gasteiger partial charge is 0.297 e. The van der Waals surface area contributed by atoms with Gasteiger partial charge in [-0.2, -0.15) is 0 Å². The van der Waals surface area contributed by atoms with Crippen LogP contribution in [-0.4, -0.2) is 15.2 Å². The Bertz CT molecular complexity index is 969. The average Bonchev–Trinajstić information content (AvgIpc) is 2.98. The first kappa shape index (κ1) is 11.9. The fourth-order valence-corrected chi connectivity index (χ4v) is 2.58. The van der Waals surface area contributed by atoms with E-state index >= 15 is 0 Å². The second-order valence-electron chi connectivity index (χ2n) is 4.96. The topological polar surface area (TPSA) is 34.4 Å². The average molecular weight is 272 g/mol. The summed E-state index contributed by atoms with van der Waals surface area (Å²) in [5.74, 6) is -0.0144. The number of carbonyl (C=O) groups is 1. The van der Waals surface area contributed by atoms with Crippen molar-refractivity contribution in [3.05, 3.63) is 84.3 Å². The van der Waals surface area contributed by atoms with E-state index in [4.69, 9.17) is 0 Å². The Kier molecular flexibility index (Phi) is 2.57. The summed E-state index contributed by atoms with van der Waals surface area (Å²) in [6, 6.07) is 19.5. The van der Waals surface area contributed by atoms with Crippen molar-refractivity contribution < 1.29 is 4.79 Å². The second-order valence-corrected chi connectivity index (χ2v) is 4.96. The highest BCUT2D eigenvalue weighted by molar-refractivity contribution is 6.10. The normalized spacial score (nSPS) is 11.0. The van der Waals surface area contributed by atoms with Crippen LogP contribution in [0.1, 0.15) is 16.1 Å². The van der Waals surface area contributed by atoms with Gasteiger partial charge in [-0.15, -0.1) is 0 Å². The highest BCUT2D eigenvalue weighted by Gasteiger charge is 2.14. The molecule has 0 atom stereocenters. The Balaban J connectivity index is 1.86. The zero-order valence-corrected chi connectivity index (χ0v) is 11.2. The summed E-state index contributed by atoms with van der Waals surface area (Å²) in [6.07, 6.45) is 3.49. The van der Waals surface area contributed by atoms with Gasteiger partial charge in [-0.3, -0.25) is 9.20 Å². The highest BCUT2D eigenvalue weighted by atomic mass is 16.1.